The molecule has 0 spiro atoms. The second-order valence-corrected chi connectivity index (χ2v) is 3.03. The summed E-state index contributed by atoms with van der Waals surface area (Å²) in [6.45, 7) is 8.00. The van der Waals surface area contributed by atoms with Crippen molar-refractivity contribution in [2.24, 2.45) is 0 Å². The molecule has 0 saturated carbocycles. The maximum atomic E-state index is 3.46. The van der Waals surface area contributed by atoms with Crippen molar-refractivity contribution in [2.75, 3.05) is 0 Å². The smallest absolute Gasteiger partial charge is 0.0465 e. The van der Waals surface area contributed by atoms with Crippen LogP contribution in [0.15, 0.2) is 34.9 Å². The number of H-pyrrole nitrogens is 1. The van der Waals surface area contributed by atoms with Crippen LogP contribution in [0.3, 0.4) is 0 Å². The summed E-state index contributed by atoms with van der Waals surface area (Å²) >= 11 is 3.46. The van der Waals surface area contributed by atoms with E-state index in [0.29, 0.717) is 0 Å². The SMILES string of the molecule is Brc1cccc2[nH]ccc12.CC.CC. The highest BCUT2D eigenvalue weighted by Gasteiger charge is 1.95. The zero-order valence-corrected chi connectivity index (χ0v) is 10.9. The summed E-state index contributed by atoms with van der Waals surface area (Å²) in [6.07, 6.45) is 1.94. The highest BCUT2D eigenvalue weighted by atomic mass is 79.9. The molecule has 0 fully saturated rings. The van der Waals surface area contributed by atoms with Crippen LogP contribution in [0.2, 0.25) is 0 Å². The molecule has 1 nitrogen and oxygen atoms in total. The van der Waals surface area contributed by atoms with Crippen molar-refractivity contribution in [1.82, 2.24) is 4.98 Å². The predicted molar refractivity (Wildman–Crippen MR) is 68.7 cm³/mol. The van der Waals surface area contributed by atoms with Gasteiger partial charge in [-0.25, -0.2) is 0 Å². The van der Waals surface area contributed by atoms with Crippen molar-refractivity contribution in [3.05, 3.63) is 34.9 Å². The van der Waals surface area contributed by atoms with Gasteiger partial charge in [-0.05, 0) is 18.2 Å². The zero-order chi connectivity index (χ0) is 11.0. The molecule has 0 atom stereocenters. The van der Waals surface area contributed by atoms with Gasteiger partial charge in [0.15, 0.2) is 0 Å². The molecule has 2 aromatic rings. The molecule has 2 heteroatoms. The predicted octanol–water partition coefficient (Wildman–Crippen LogP) is 4.98. The Morgan fingerprint density at radius 3 is 2.21 bits per heavy atom. The third kappa shape index (κ3) is 3.18. The molecule has 0 aliphatic heterocycles. The number of halogens is 1. The third-order valence-electron chi connectivity index (χ3n) is 1.54. The molecule has 0 saturated heterocycles. The van der Waals surface area contributed by atoms with Crippen molar-refractivity contribution in [2.45, 2.75) is 27.7 Å². The normalized spacial score (nSPS) is 8.36. The minimum absolute atomic E-state index is 1.14. The first-order chi connectivity index (χ1) is 6.88. The number of aromatic amines is 1. The molecule has 1 N–H and O–H groups in total. The summed E-state index contributed by atoms with van der Waals surface area (Å²) in [7, 11) is 0. The molecule has 0 radical (unpaired) electrons. The Morgan fingerprint density at radius 1 is 1.00 bits per heavy atom. The van der Waals surface area contributed by atoms with E-state index in [-0.39, 0.29) is 0 Å². The quantitative estimate of drug-likeness (QED) is 0.684. The Morgan fingerprint density at radius 2 is 1.64 bits per heavy atom. The Kier molecular flexibility index (Phi) is 7.21. The van der Waals surface area contributed by atoms with E-state index in [2.05, 4.69) is 33.0 Å². The topological polar surface area (TPSA) is 15.8 Å². The first kappa shape index (κ1) is 13.2. The number of hydrogen-bond donors (Lipinski definition) is 1. The second-order valence-electron chi connectivity index (χ2n) is 2.18. The lowest BCUT2D eigenvalue weighted by molar-refractivity contribution is 1.48. The van der Waals surface area contributed by atoms with Gasteiger partial charge in [-0.2, -0.15) is 0 Å². The number of hydrogen-bond acceptors (Lipinski definition) is 0. The van der Waals surface area contributed by atoms with Gasteiger partial charge in [0.25, 0.3) is 0 Å². The Balaban J connectivity index is 0.000000379. The molecular formula is C12H18BrN. The number of fused-ring (bicyclic) bond motifs is 1. The molecule has 1 aromatic heterocycles. The van der Waals surface area contributed by atoms with Crippen molar-refractivity contribution < 1.29 is 0 Å². The van der Waals surface area contributed by atoms with E-state index >= 15 is 0 Å². The van der Waals surface area contributed by atoms with Crippen LogP contribution in [0.1, 0.15) is 27.7 Å². The van der Waals surface area contributed by atoms with E-state index in [9.17, 15) is 0 Å². The summed E-state index contributed by atoms with van der Waals surface area (Å²) in [5.41, 5.74) is 1.18. The highest BCUT2D eigenvalue weighted by Crippen LogP contribution is 2.21. The number of nitrogens with one attached hydrogen (secondary N) is 1. The van der Waals surface area contributed by atoms with Gasteiger partial charge >= 0.3 is 0 Å². The molecule has 0 amide bonds. The minimum Gasteiger partial charge on any atom is -0.361 e. The highest BCUT2D eigenvalue weighted by molar-refractivity contribution is 9.10. The molecule has 14 heavy (non-hydrogen) atoms. The van der Waals surface area contributed by atoms with Crippen molar-refractivity contribution in [3.8, 4) is 0 Å². The van der Waals surface area contributed by atoms with Gasteiger partial charge < -0.3 is 4.98 Å². The van der Waals surface area contributed by atoms with Crippen LogP contribution in [0, 0.1) is 0 Å². The first-order valence-corrected chi connectivity index (χ1v) is 5.89. The lowest BCUT2D eigenvalue weighted by Crippen LogP contribution is -1.66. The summed E-state index contributed by atoms with van der Waals surface area (Å²) in [5.74, 6) is 0. The maximum absolute atomic E-state index is 3.46. The number of benzene rings is 1. The second kappa shape index (κ2) is 7.63. The van der Waals surface area contributed by atoms with Crippen LogP contribution < -0.4 is 0 Å². The minimum atomic E-state index is 1.14. The molecule has 78 valence electrons. The fourth-order valence-electron chi connectivity index (χ4n) is 1.05. The average molecular weight is 256 g/mol. The Labute approximate surface area is 94.7 Å². The van der Waals surface area contributed by atoms with Crippen LogP contribution in [-0.2, 0) is 0 Å². The fourth-order valence-corrected chi connectivity index (χ4v) is 1.55. The van der Waals surface area contributed by atoms with Gasteiger partial charge in [0.2, 0.25) is 0 Å². The van der Waals surface area contributed by atoms with E-state index in [1.807, 2.05) is 46.0 Å². The van der Waals surface area contributed by atoms with E-state index in [4.69, 9.17) is 0 Å². The van der Waals surface area contributed by atoms with E-state index in [0.717, 1.165) is 4.47 Å². The molecule has 1 aromatic carbocycles. The van der Waals surface area contributed by atoms with Gasteiger partial charge in [0, 0.05) is 21.6 Å². The number of rotatable bonds is 0. The first-order valence-electron chi connectivity index (χ1n) is 5.09. The molecule has 0 aliphatic carbocycles. The molecule has 0 unspecified atom stereocenters. The van der Waals surface area contributed by atoms with Crippen molar-refractivity contribution >= 4 is 26.8 Å². The van der Waals surface area contributed by atoms with E-state index < -0.39 is 0 Å². The number of aromatic nitrogens is 1. The molecule has 0 bridgehead atoms. The monoisotopic (exact) mass is 255 g/mol. The Bertz CT molecular complexity index is 352. The largest absolute Gasteiger partial charge is 0.361 e. The van der Waals surface area contributed by atoms with Crippen LogP contribution in [-0.4, -0.2) is 4.98 Å². The molecule has 1 heterocycles. The van der Waals surface area contributed by atoms with E-state index in [1.54, 1.807) is 0 Å². The van der Waals surface area contributed by atoms with Crippen molar-refractivity contribution in [3.63, 3.8) is 0 Å². The van der Waals surface area contributed by atoms with Gasteiger partial charge in [-0.3, -0.25) is 0 Å². The third-order valence-corrected chi connectivity index (χ3v) is 2.23. The fraction of sp³-hybridized carbons (Fsp3) is 0.333. The molecular weight excluding hydrogens is 238 g/mol. The van der Waals surface area contributed by atoms with Gasteiger partial charge in [0.05, 0.1) is 0 Å². The van der Waals surface area contributed by atoms with Crippen molar-refractivity contribution in [1.29, 1.82) is 0 Å². The van der Waals surface area contributed by atoms with Crippen LogP contribution in [0.25, 0.3) is 10.9 Å². The summed E-state index contributed by atoms with van der Waals surface area (Å²) in [6, 6.07) is 8.17. The average Bonchev–Trinajstić information content (AvgIpc) is 2.73. The lowest BCUT2D eigenvalue weighted by atomic mass is 10.3. The van der Waals surface area contributed by atoms with Crippen LogP contribution in [0.4, 0.5) is 0 Å². The standard InChI is InChI=1S/C8H6BrN.2C2H6/c9-7-2-1-3-8-6(7)4-5-10-8;2*1-2/h1-5,10H;2*1-2H3. The summed E-state index contributed by atoms with van der Waals surface area (Å²) in [4.78, 5) is 3.13. The van der Waals surface area contributed by atoms with Gasteiger partial charge in [0.1, 0.15) is 0 Å². The lowest BCUT2D eigenvalue weighted by Gasteiger charge is -1.90. The summed E-state index contributed by atoms with van der Waals surface area (Å²) in [5, 5.41) is 1.24. The maximum Gasteiger partial charge on any atom is 0.0465 e. The van der Waals surface area contributed by atoms with Crippen LogP contribution in [0.5, 0.6) is 0 Å². The zero-order valence-electron chi connectivity index (χ0n) is 9.26. The van der Waals surface area contributed by atoms with Gasteiger partial charge in [-0.1, -0.05) is 49.7 Å². The van der Waals surface area contributed by atoms with Crippen LogP contribution >= 0.6 is 15.9 Å². The molecule has 2 rings (SSSR count). The van der Waals surface area contributed by atoms with E-state index in [1.165, 1.54) is 10.9 Å². The molecule has 0 aliphatic rings. The van der Waals surface area contributed by atoms with Gasteiger partial charge in [-0.15, -0.1) is 0 Å². The summed E-state index contributed by atoms with van der Waals surface area (Å²) < 4.78 is 1.14. The Hall–Kier alpha value is -0.760.